The molecule has 0 aromatic heterocycles. The van der Waals surface area contributed by atoms with Crippen LogP contribution >= 0.6 is 0 Å². The fourth-order valence-corrected chi connectivity index (χ4v) is 3.57. The summed E-state index contributed by atoms with van der Waals surface area (Å²) in [5.74, 6) is -1.73. The summed E-state index contributed by atoms with van der Waals surface area (Å²) in [6.07, 6.45) is 1.04. The van der Waals surface area contributed by atoms with Gasteiger partial charge in [-0.05, 0) is 61.4 Å². The van der Waals surface area contributed by atoms with Crippen molar-refractivity contribution in [1.29, 1.82) is 0 Å². The molecule has 0 atom stereocenters. The number of halogens is 1. The highest BCUT2D eigenvalue weighted by Gasteiger charge is 2.15. The molecular formula is C23H22FN3O4S. The maximum atomic E-state index is 13.9. The van der Waals surface area contributed by atoms with Crippen LogP contribution in [-0.2, 0) is 10.0 Å². The molecule has 9 heteroatoms. The number of sulfonamides is 1. The maximum absolute atomic E-state index is 13.9. The van der Waals surface area contributed by atoms with Crippen LogP contribution in [0.3, 0.4) is 0 Å². The van der Waals surface area contributed by atoms with Gasteiger partial charge in [0.15, 0.2) is 0 Å². The van der Waals surface area contributed by atoms with Gasteiger partial charge < -0.3 is 10.6 Å². The molecule has 0 aliphatic rings. The molecule has 32 heavy (non-hydrogen) atoms. The van der Waals surface area contributed by atoms with Gasteiger partial charge in [-0.25, -0.2) is 12.8 Å². The highest BCUT2D eigenvalue weighted by atomic mass is 32.2. The van der Waals surface area contributed by atoms with E-state index in [1.807, 2.05) is 0 Å². The molecule has 0 heterocycles. The molecule has 0 aliphatic carbocycles. The first kappa shape index (κ1) is 23.0. The molecule has 3 N–H and O–H groups in total. The number of carbonyl (C=O) groups is 2. The van der Waals surface area contributed by atoms with Gasteiger partial charge in [-0.1, -0.05) is 24.3 Å². The summed E-state index contributed by atoms with van der Waals surface area (Å²) in [5.41, 5.74) is 2.67. The average molecular weight is 456 g/mol. The van der Waals surface area contributed by atoms with E-state index in [0.29, 0.717) is 28.2 Å². The molecule has 7 nitrogen and oxygen atoms in total. The Morgan fingerprint density at radius 3 is 2.16 bits per heavy atom. The van der Waals surface area contributed by atoms with Crippen molar-refractivity contribution in [2.75, 3.05) is 21.6 Å². The van der Waals surface area contributed by atoms with Gasteiger partial charge in [-0.15, -0.1) is 0 Å². The molecule has 166 valence electrons. The normalized spacial score (nSPS) is 11.0. The summed E-state index contributed by atoms with van der Waals surface area (Å²) in [6, 6.07) is 15.2. The minimum Gasteiger partial charge on any atom is -0.322 e. The van der Waals surface area contributed by atoms with E-state index in [-0.39, 0.29) is 11.1 Å². The fraction of sp³-hybridized carbons (Fsp3) is 0.130. The molecular weight excluding hydrogens is 433 g/mol. The number of aryl methyl sites for hydroxylation is 2. The van der Waals surface area contributed by atoms with Gasteiger partial charge in [-0.2, -0.15) is 0 Å². The van der Waals surface area contributed by atoms with Crippen LogP contribution in [0, 0.1) is 19.7 Å². The van der Waals surface area contributed by atoms with Gasteiger partial charge in [0.2, 0.25) is 10.0 Å². The van der Waals surface area contributed by atoms with Gasteiger partial charge in [0.1, 0.15) is 5.82 Å². The Balaban J connectivity index is 1.81. The molecule has 0 saturated heterocycles. The molecule has 0 spiro atoms. The number of nitrogens with one attached hydrogen (secondary N) is 3. The van der Waals surface area contributed by atoms with E-state index >= 15 is 0 Å². The average Bonchev–Trinajstić information content (AvgIpc) is 2.71. The second-order valence-corrected chi connectivity index (χ2v) is 9.07. The summed E-state index contributed by atoms with van der Waals surface area (Å²) in [7, 11) is -3.47. The zero-order valence-electron chi connectivity index (χ0n) is 17.7. The Kier molecular flexibility index (Phi) is 6.59. The number of hydrogen-bond acceptors (Lipinski definition) is 4. The lowest BCUT2D eigenvalue weighted by atomic mass is 10.1. The van der Waals surface area contributed by atoms with Crippen molar-refractivity contribution >= 4 is 38.9 Å². The van der Waals surface area contributed by atoms with Gasteiger partial charge in [0, 0.05) is 16.9 Å². The molecule has 0 fully saturated rings. The van der Waals surface area contributed by atoms with E-state index in [9.17, 15) is 22.4 Å². The van der Waals surface area contributed by atoms with Crippen LogP contribution in [0.4, 0.5) is 21.5 Å². The number of rotatable bonds is 6. The third-order valence-corrected chi connectivity index (χ3v) is 5.25. The van der Waals surface area contributed by atoms with E-state index in [1.165, 1.54) is 30.3 Å². The van der Waals surface area contributed by atoms with Crippen LogP contribution in [0.5, 0.6) is 0 Å². The molecule has 0 aliphatic heterocycles. The molecule has 3 aromatic rings. The fourth-order valence-electron chi connectivity index (χ4n) is 2.95. The zero-order valence-corrected chi connectivity index (χ0v) is 18.5. The molecule has 0 saturated carbocycles. The SMILES string of the molecule is Cc1ccc(C(=O)Nc2ccc(C)c(NS(C)(=O)=O)c2)cc1NC(=O)c1ccccc1F. The lowest BCUT2D eigenvalue weighted by molar-refractivity contribution is 0.101. The van der Waals surface area contributed by atoms with Crippen LogP contribution in [0.15, 0.2) is 60.7 Å². The quantitative estimate of drug-likeness (QED) is 0.515. The van der Waals surface area contributed by atoms with E-state index < -0.39 is 27.7 Å². The Bertz CT molecular complexity index is 1310. The lowest BCUT2D eigenvalue weighted by Gasteiger charge is -2.13. The van der Waals surface area contributed by atoms with Gasteiger partial charge in [-0.3, -0.25) is 14.3 Å². The maximum Gasteiger partial charge on any atom is 0.258 e. The molecule has 3 rings (SSSR count). The number of benzene rings is 3. The van der Waals surface area contributed by atoms with Crippen molar-refractivity contribution in [3.05, 3.63) is 88.7 Å². The molecule has 0 radical (unpaired) electrons. The third kappa shape index (κ3) is 5.70. The topological polar surface area (TPSA) is 104 Å². The van der Waals surface area contributed by atoms with Crippen LogP contribution in [0.1, 0.15) is 31.8 Å². The zero-order chi connectivity index (χ0) is 23.5. The van der Waals surface area contributed by atoms with Crippen LogP contribution in [-0.4, -0.2) is 26.5 Å². The van der Waals surface area contributed by atoms with Crippen molar-refractivity contribution in [1.82, 2.24) is 0 Å². The van der Waals surface area contributed by atoms with E-state index in [0.717, 1.165) is 6.26 Å². The minimum absolute atomic E-state index is 0.104. The molecule has 0 bridgehead atoms. The second kappa shape index (κ2) is 9.19. The monoisotopic (exact) mass is 455 g/mol. The molecule has 0 unspecified atom stereocenters. The van der Waals surface area contributed by atoms with Gasteiger partial charge >= 0.3 is 0 Å². The Morgan fingerprint density at radius 2 is 1.47 bits per heavy atom. The highest BCUT2D eigenvalue weighted by Crippen LogP contribution is 2.23. The predicted molar refractivity (Wildman–Crippen MR) is 123 cm³/mol. The van der Waals surface area contributed by atoms with Crippen LogP contribution in [0.2, 0.25) is 0 Å². The first-order chi connectivity index (χ1) is 15.0. The third-order valence-electron chi connectivity index (χ3n) is 4.66. The number of anilines is 3. The van der Waals surface area contributed by atoms with Crippen molar-refractivity contribution in [2.45, 2.75) is 13.8 Å². The number of amides is 2. The smallest absolute Gasteiger partial charge is 0.258 e. The summed E-state index contributed by atoms with van der Waals surface area (Å²) >= 11 is 0. The summed E-state index contributed by atoms with van der Waals surface area (Å²) in [4.78, 5) is 25.2. The van der Waals surface area contributed by atoms with Crippen molar-refractivity contribution in [3.8, 4) is 0 Å². The van der Waals surface area contributed by atoms with Crippen LogP contribution in [0.25, 0.3) is 0 Å². The largest absolute Gasteiger partial charge is 0.322 e. The lowest BCUT2D eigenvalue weighted by Crippen LogP contribution is -2.17. The second-order valence-electron chi connectivity index (χ2n) is 7.32. The number of carbonyl (C=O) groups excluding carboxylic acids is 2. The predicted octanol–water partition coefficient (Wildman–Crippen LogP) is 4.32. The van der Waals surface area contributed by atoms with E-state index in [1.54, 1.807) is 44.2 Å². The van der Waals surface area contributed by atoms with Crippen molar-refractivity contribution in [2.24, 2.45) is 0 Å². The Labute approximate surface area is 185 Å². The first-order valence-corrected chi connectivity index (χ1v) is 11.5. The Morgan fingerprint density at radius 1 is 0.812 bits per heavy atom. The number of hydrogen-bond donors (Lipinski definition) is 3. The first-order valence-electron chi connectivity index (χ1n) is 9.60. The van der Waals surface area contributed by atoms with Crippen molar-refractivity contribution in [3.63, 3.8) is 0 Å². The standard InChI is InChI=1S/C23H22FN3O4S/c1-14-8-10-16(12-20(14)26-23(29)18-6-4-5-7-19(18)24)22(28)25-17-11-9-15(2)21(13-17)27-32(3,30)31/h4-13,27H,1-3H3,(H,25,28)(H,26,29). The molecule has 3 aromatic carbocycles. The van der Waals surface area contributed by atoms with E-state index in [2.05, 4.69) is 15.4 Å². The van der Waals surface area contributed by atoms with Crippen molar-refractivity contribution < 1.29 is 22.4 Å². The minimum atomic E-state index is -3.47. The van der Waals surface area contributed by atoms with Gasteiger partial charge in [0.05, 0.1) is 17.5 Å². The highest BCUT2D eigenvalue weighted by molar-refractivity contribution is 7.92. The summed E-state index contributed by atoms with van der Waals surface area (Å²) in [5, 5.41) is 5.34. The van der Waals surface area contributed by atoms with Gasteiger partial charge in [0.25, 0.3) is 11.8 Å². The Hall–Kier alpha value is -3.72. The summed E-state index contributed by atoms with van der Waals surface area (Å²) in [6.45, 7) is 3.49. The molecule has 2 amide bonds. The summed E-state index contributed by atoms with van der Waals surface area (Å²) < 4.78 is 39.4. The van der Waals surface area contributed by atoms with E-state index in [4.69, 9.17) is 0 Å². The van der Waals surface area contributed by atoms with Crippen LogP contribution < -0.4 is 15.4 Å².